The highest BCUT2D eigenvalue weighted by Crippen LogP contribution is 2.43. The van der Waals surface area contributed by atoms with E-state index in [0.29, 0.717) is 27.7 Å². The minimum absolute atomic E-state index is 0.00869. The zero-order valence-electron chi connectivity index (χ0n) is 16.4. The molecule has 3 heterocycles. The van der Waals surface area contributed by atoms with Crippen LogP contribution in [0, 0.1) is 0 Å². The maximum absolute atomic E-state index is 13.1. The topological polar surface area (TPSA) is 79.7 Å². The van der Waals surface area contributed by atoms with E-state index in [1.807, 2.05) is 6.92 Å². The molecule has 1 fully saturated rings. The first-order valence-corrected chi connectivity index (χ1v) is 11.0. The summed E-state index contributed by atoms with van der Waals surface area (Å²) in [5.74, 6) is -0.967. The van der Waals surface area contributed by atoms with Gasteiger partial charge in [-0.15, -0.1) is 11.3 Å². The SMILES string of the molecule is C[C@@H]1Cc2cc(/C(O)=C3\C(=O)C(=O)N(c4nccs4)[C@@H]3c3cccc(Cl)c3)ccc2O1. The minimum atomic E-state index is -0.840. The Bertz CT molecular complexity index is 1240. The number of ether oxygens (including phenoxy) is 1. The molecule has 0 radical (unpaired) electrons. The number of carbonyl (C=O) groups is 2. The molecule has 0 saturated carbocycles. The van der Waals surface area contributed by atoms with E-state index in [9.17, 15) is 14.7 Å². The largest absolute Gasteiger partial charge is 0.507 e. The van der Waals surface area contributed by atoms with Crippen molar-refractivity contribution in [3.05, 3.63) is 81.3 Å². The number of ketones is 1. The summed E-state index contributed by atoms with van der Waals surface area (Å²) >= 11 is 7.44. The van der Waals surface area contributed by atoms with Gasteiger partial charge in [0.2, 0.25) is 0 Å². The number of anilines is 1. The number of hydrogen-bond acceptors (Lipinski definition) is 6. The summed E-state index contributed by atoms with van der Waals surface area (Å²) < 4.78 is 5.73. The molecule has 1 saturated heterocycles. The number of Topliss-reactive ketones (excluding diaryl/α,β-unsaturated/α-hetero) is 1. The van der Waals surface area contributed by atoms with Crippen LogP contribution in [-0.2, 0) is 16.0 Å². The number of aliphatic hydroxyl groups excluding tert-OH is 1. The lowest BCUT2D eigenvalue weighted by atomic mass is 9.94. The van der Waals surface area contributed by atoms with E-state index < -0.39 is 17.7 Å². The highest BCUT2D eigenvalue weighted by atomic mass is 35.5. The van der Waals surface area contributed by atoms with Crippen molar-refractivity contribution in [3.8, 4) is 5.75 Å². The molecule has 1 amide bonds. The molecule has 1 aromatic heterocycles. The molecule has 8 heteroatoms. The highest BCUT2D eigenvalue weighted by Gasteiger charge is 2.48. The van der Waals surface area contributed by atoms with Gasteiger partial charge in [-0.05, 0) is 48.4 Å². The molecule has 5 rings (SSSR count). The van der Waals surface area contributed by atoms with E-state index in [-0.39, 0.29) is 17.4 Å². The third kappa shape index (κ3) is 3.30. The normalized spacial score (nSPS) is 21.9. The summed E-state index contributed by atoms with van der Waals surface area (Å²) in [6, 6.07) is 11.3. The average molecular weight is 453 g/mol. The molecule has 0 aliphatic carbocycles. The second-order valence-electron chi connectivity index (χ2n) is 7.49. The van der Waals surface area contributed by atoms with Crippen molar-refractivity contribution >= 4 is 45.5 Å². The van der Waals surface area contributed by atoms with Crippen LogP contribution in [0.3, 0.4) is 0 Å². The summed E-state index contributed by atoms with van der Waals surface area (Å²) in [5.41, 5.74) is 2.03. The summed E-state index contributed by atoms with van der Waals surface area (Å²) in [6.07, 6.45) is 2.33. The van der Waals surface area contributed by atoms with Crippen molar-refractivity contribution < 1.29 is 19.4 Å². The Kier molecular flexibility index (Phi) is 4.79. The second-order valence-corrected chi connectivity index (χ2v) is 8.80. The van der Waals surface area contributed by atoms with Crippen molar-refractivity contribution in [2.24, 2.45) is 0 Å². The maximum Gasteiger partial charge on any atom is 0.301 e. The van der Waals surface area contributed by atoms with Gasteiger partial charge in [-0.2, -0.15) is 0 Å². The number of fused-ring (bicyclic) bond motifs is 1. The number of amides is 1. The maximum atomic E-state index is 13.1. The Morgan fingerprint density at radius 3 is 2.84 bits per heavy atom. The van der Waals surface area contributed by atoms with Crippen LogP contribution in [-0.4, -0.2) is 27.9 Å². The molecule has 3 aromatic rings. The molecular weight excluding hydrogens is 436 g/mol. The molecule has 2 aromatic carbocycles. The van der Waals surface area contributed by atoms with Crippen LogP contribution in [0.5, 0.6) is 5.75 Å². The lowest BCUT2D eigenvalue weighted by molar-refractivity contribution is -0.132. The summed E-state index contributed by atoms with van der Waals surface area (Å²) in [5, 5.41) is 13.8. The number of carbonyl (C=O) groups excluding carboxylic acids is 2. The Balaban J connectivity index is 1.69. The van der Waals surface area contributed by atoms with Crippen molar-refractivity contribution in [2.45, 2.75) is 25.5 Å². The third-order valence-corrected chi connectivity index (χ3v) is 6.41. The van der Waals surface area contributed by atoms with Gasteiger partial charge in [0, 0.05) is 28.6 Å². The van der Waals surface area contributed by atoms with Crippen LogP contribution in [0.15, 0.2) is 59.6 Å². The Morgan fingerprint density at radius 1 is 1.26 bits per heavy atom. The molecule has 2 atom stereocenters. The fourth-order valence-corrected chi connectivity index (χ4v) is 4.95. The number of halogens is 1. The number of rotatable bonds is 3. The van der Waals surface area contributed by atoms with E-state index in [0.717, 1.165) is 11.3 Å². The van der Waals surface area contributed by atoms with Gasteiger partial charge in [0.25, 0.3) is 5.78 Å². The molecular formula is C23H17ClN2O4S. The van der Waals surface area contributed by atoms with Gasteiger partial charge in [-0.1, -0.05) is 23.7 Å². The third-order valence-electron chi connectivity index (χ3n) is 5.40. The van der Waals surface area contributed by atoms with Crippen LogP contribution in [0.4, 0.5) is 5.13 Å². The second kappa shape index (κ2) is 7.51. The average Bonchev–Trinajstić information content (AvgIpc) is 3.45. The van der Waals surface area contributed by atoms with Crippen molar-refractivity contribution in [1.82, 2.24) is 4.98 Å². The highest BCUT2D eigenvalue weighted by molar-refractivity contribution is 7.14. The van der Waals surface area contributed by atoms with E-state index >= 15 is 0 Å². The quantitative estimate of drug-likeness (QED) is 0.352. The molecule has 2 aliphatic heterocycles. The van der Waals surface area contributed by atoms with Crippen LogP contribution < -0.4 is 9.64 Å². The van der Waals surface area contributed by atoms with E-state index in [4.69, 9.17) is 16.3 Å². The van der Waals surface area contributed by atoms with Crippen LogP contribution >= 0.6 is 22.9 Å². The molecule has 0 unspecified atom stereocenters. The summed E-state index contributed by atoms with van der Waals surface area (Å²) in [7, 11) is 0. The van der Waals surface area contributed by atoms with Gasteiger partial charge in [0.15, 0.2) is 5.13 Å². The van der Waals surface area contributed by atoms with Crippen molar-refractivity contribution in [3.63, 3.8) is 0 Å². The molecule has 6 nitrogen and oxygen atoms in total. The lowest BCUT2D eigenvalue weighted by Crippen LogP contribution is -2.29. The van der Waals surface area contributed by atoms with Gasteiger partial charge in [0.1, 0.15) is 17.6 Å². The number of thiazole rings is 1. The van der Waals surface area contributed by atoms with E-state index in [1.165, 1.54) is 16.2 Å². The molecule has 156 valence electrons. The van der Waals surface area contributed by atoms with Gasteiger partial charge in [-0.3, -0.25) is 14.5 Å². The van der Waals surface area contributed by atoms with E-state index in [2.05, 4.69) is 4.98 Å². The number of hydrogen-bond donors (Lipinski definition) is 1. The lowest BCUT2D eigenvalue weighted by Gasteiger charge is -2.23. The van der Waals surface area contributed by atoms with Crippen LogP contribution in [0.1, 0.15) is 29.7 Å². The minimum Gasteiger partial charge on any atom is -0.507 e. The monoisotopic (exact) mass is 452 g/mol. The zero-order valence-corrected chi connectivity index (χ0v) is 18.0. The number of aromatic nitrogens is 1. The fraction of sp³-hybridized carbons (Fsp3) is 0.174. The summed E-state index contributed by atoms with van der Waals surface area (Å²) in [6.45, 7) is 1.97. The Morgan fingerprint density at radius 2 is 2.10 bits per heavy atom. The molecule has 2 aliphatic rings. The number of benzene rings is 2. The Hall–Kier alpha value is -3.16. The van der Waals surface area contributed by atoms with E-state index in [1.54, 1.807) is 54.0 Å². The standard InChI is InChI=1S/C23H17ClN2O4S/c1-12-9-15-10-14(5-6-17(15)30-12)20(27)18-19(13-3-2-4-16(24)11-13)26(22(29)21(18)28)23-25-7-8-31-23/h2-8,10-12,19,27H,9H2,1H3/b20-18+/t12-,19-/m1/s1. The van der Waals surface area contributed by atoms with Crippen molar-refractivity contribution in [2.75, 3.05) is 4.90 Å². The van der Waals surface area contributed by atoms with Crippen LogP contribution in [0.2, 0.25) is 5.02 Å². The van der Waals surface area contributed by atoms with Crippen LogP contribution in [0.25, 0.3) is 5.76 Å². The summed E-state index contributed by atoms with van der Waals surface area (Å²) in [4.78, 5) is 31.6. The zero-order chi connectivity index (χ0) is 21.7. The fourth-order valence-electron chi connectivity index (χ4n) is 4.08. The molecule has 1 N–H and O–H groups in total. The van der Waals surface area contributed by atoms with Gasteiger partial charge >= 0.3 is 5.91 Å². The van der Waals surface area contributed by atoms with Crippen molar-refractivity contribution in [1.29, 1.82) is 0 Å². The van der Waals surface area contributed by atoms with Gasteiger partial charge in [0.05, 0.1) is 11.6 Å². The molecule has 0 spiro atoms. The van der Waals surface area contributed by atoms with Gasteiger partial charge in [-0.25, -0.2) is 4.98 Å². The molecule has 31 heavy (non-hydrogen) atoms. The first-order chi connectivity index (χ1) is 14.9. The first-order valence-electron chi connectivity index (χ1n) is 9.70. The first kappa shape index (κ1) is 19.8. The number of nitrogens with zero attached hydrogens (tertiary/aromatic N) is 2. The van der Waals surface area contributed by atoms with Gasteiger partial charge < -0.3 is 9.84 Å². The molecule has 0 bridgehead atoms. The number of aliphatic hydroxyl groups is 1. The predicted octanol–water partition coefficient (Wildman–Crippen LogP) is 4.75. The predicted molar refractivity (Wildman–Crippen MR) is 119 cm³/mol. The Labute approximate surface area is 187 Å². The smallest absolute Gasteiger partial charge is 0.301 e.